The van der Waals surface area contributed by atoms with Crippen molar-refractivity contribution in [3.8, 4) is 5.75 Å². The minimum Gasteiger partial charge on any atom is -0.492 e. The van der Waals surface area contributed by atoms with Crippen molar-refractivity contribution in [2.75, 3.05) is 46.6 Å². The van der Waals surface area contributed by atoms with Crippen LogP contribution >= 0.6 is 0 Å². The maximum Gasteiger partial charge on any atom is 0.335 e. The number of carboxylic acid groups (broad SMARTS) is 1. The van der Waals surface area contributed by atoms with Gasteiger partial charge in [-0.3, -0.25) is 0 Å². The van der Waals surface area contributed by atoms with E-state index in [0.717, 1.165) is 13.0 Å². The highest BCUT2D eigenvalue weighted by molar-refractivity contribution is 5.87. The maximum atomic E-state index is 10.8. The zero-order chi connectivity index (χ0) is 15.3. The Balaban J connectivity index is 2.01. The fraction of sp³-hybridized carbons (Fsp3) is 0.533. The fourth-order valence-corrected chi connectivity index (χ4v) is 1.63. The first-order chi connectivity index (χ1) is 10.2. The fourth-order valence-electron chi connectivity index (χ4n) is 1.63. The Hall–Kier alpha value is -1.63. The van der Waals surface area contributed by atoms with E-state index in [1.54, 1.807) is 19.2 Å². The summed E-state index contributed by atoms with van der Waals surface area (Å²) in [4.78, 5) is 10.8. The summed E-state index contributed by atoms with van der Waals surface area (Å²) in [7, 11) is 1.65. The van der Waals surface area contributed by atoms with Crippen molar-refractivity contribution in [1.82, 2.24) is 5.32 Å². The third-order valence-electron chi connectivity index (χ3n) is 2.70. The summed E-state index contributed by atoms with van der Waals surface area (Å²) >= 11 is 0. The summed E-state index contributed by atoms with van der Waals surface area (Å²) in [6, 6.07) is 6.47. The van der Waals surface area contributed by atoms with Crippen LogP contribution < -0.4 is 10.1 Å². The Morgan fingerprint density at radius 1 is 1.19 bits per heavy atom. The first kappa shape index (κ1) is 17.4. The van der Waals surface area contributed by atoms with E-state index >= 15 is 0 Å². The Morgan fingerprint density at radius 3 is 2.81 bits per heavy atom. The van der Waals surface area contributed by atoms with Gasteiger partial charge in [0.25, 0.3) is 0 Å². The topological polar surface area (TPSA) is 77.0 Å². The van der Waals surface area contributed by atoms with Crippen LogP contribution in [0, 0.1) is 0 Å². The van der Waals surface area contributed by atoms with Crippen molar-refractivity contribution in [3.05, 3.63) is 29.8 Å². The summed E-state index contributed by atoms with van der Waals surface area (Å²) in [6.45, 7) is 4.00. The second-order valence-electron chi connectivity index (χ2n) is 4.39. The van der Waals surface area contributed by atoms with Crippen LogP contribution in [0.15, 0.2) is 24.3 Å². The molecule has 0 saturated carbocycles. The van der Waals surface area contributed by atoms with Crippen LogP contribution in [-0.2, 0) is 9.47 Å². The number of hydrogen-bond donors (Lipinski definition) is 2. The van der Waals surface area contributed by atoms with Crippen molar-refractivity contribution in [2.45, 2.75) is 6.42 Å². The van der Waals surface area contributed by atoms with E-state index in [9.17, 15) is 4.79 Å². The van der Waals surface area contributed by atoms with Crippen LogP contribution in [0.3, 0.4) is 0 Å². The average Bonchev–Trinajstić information content (AvgIpc) is 2.49. The number of rotatable bonds is 12. The molecule has 0 amide bonds. The molecule has 0 aromatic heterocycles. The van der Waals surface area contributed by atoms with Gasteiger partial charge in [-0.05, 0) is 31.2 Å². The molecule has 0 saturated heterocycles. The molecule has 0 spiro atoms. The highest BCUT2D eigenvalue weighted by Gasteiger charge is 2.03. The van der Waals surface area contributed by atoms with Crippen LogP contribution in [0.5, 0.6) is 5.75 Å². The van der Waals surface area contributed by atoms with Gasteiger partial charge >= 0.3 is 5.97 Å². The van der Waals surface area contributed by atoms with Gasteiger partial charge in [0.1, 0.15) is 12.4 Å². The van der Waals surface area contributed by atoms with Crippen molar-refractivity contribution in [1.29, 1.82) is 0 Å². The monoisotopic (exact) mass is 297 g/mol. The average molecular weight is 297 g/mol. The van der Waals surface area contributed by atoms with E-state index in [1.165, 1.54) is 12.1 Å². The van der Waals surface area contributed by atoms with Gasteiger partial charge in [-0.15, -0.1) is 0 Å². The van der Waals surface area contributed by atoms with Crippen LogP contribution in [0.2, 0.25) is 0 Å². The van der Waals surface area contributed by atoms with Gasteiger partial charge in [0.2, 0.25) is 0 Å². The molecule has 0 aliphatic rings. The number of carboxylic acids is 1. The van der Waals surface area contributed by atoms with Gasteiger partial charge in [-0.25, -0.2) is 4.79 Å². The molecule has 1 aromatic rings. The van der Waals surface area contributed by atoms with Crippen molar-refractivity contribution in [2.24, 2.45) is 0 Å². The molecular weight excluding hydrogens is 274 g/mol. The Morgan fingerprint density at radius 2 is 2.05 bits per heavy atom. The number of benzene rings is 1. The molecule has 0 unspecified atom stereocenters. The normalized spacial score (nSPS) is 10.5. The largest absolute Gasteiger partial charge is 0.492 e. The molecule has 0 bridgehead atoms. The standard InChI is InChI=1S/C15H23NO5/c1-19-10-11-20-8-3-6-16-7-9-21-14-5-2-4-13(12-14)15(17)18/h2,4-5,12,16H,3,6-11H2,1H3,(H,17,18). The number of carbonyl (C=O) groups is 1. The van der Waals surface area contributed by atoms with Crippen molar-refractivity contribution >= 4 is 5.97 Å². The Bertz CT molecular complexity index is 411. The molecule has 0 atom stereocenters. The summed E-state index contributed by atoms with van der Waals surface area (Å²) in [5.74, 6) is -0.383. The predicted molar refractivity (Wildman–Crippen MR) is 79.1 cm³/mol. The van der Waals surface area contributed by atoms with E-state index in [4.69, 9.17) is 19.3 Å². The lowest BCUT2D eigenvalue weighted by atomic mass is 10.2. The third-order valence-corrected chi connectivity index (χ3v) is 2.70. The Kier molecular flexibility index (Phi) is 9.19. The van der Waals surface area contributed by atoms with E-state index in [2.05, 4.69) is 5.32 Å². The second kappa shape index (κ2) is 11.1. The molecular formula is C15H23NO5. The molecule has 0 aliphatic heterocycles. The van der Waals surface area contributed by atoms with Crippen molar-refractivity contribution in [3.63, 3.8) is 0 Å². The molecule has 6 heteroatoms. The summed E-state index contributed by atoms with van der Waals surface area (Å²) in [5, 5.41) is 12.1. The molecule has 2 N–H and O–H groups in total. The molecule has 1 aromatic carbocycles. The zero-order valence-electron chi connectivity index (χ0n) is 12.3. The van der Waals surface area contributed by atoms with Crippen LogP contribution in [0.1, 0.15) is 16.8 Å². The lowest BCUT2D eigenvalue weighted by molar-refractivity contribution is 0.0694. The van der Waals surface area contributed by atoms with E-state index in [1.807, 2.05) is 0 Å². The van der Waals surface area contributed by atoms with Gasteiger partial charge in [0, 0.05) is 20.3 Å². The lowest BCUT2D eigenvalue weighted by Gasteiger charge is -2.08. The summed E-state index contributed by atoms with van der Waals surface area (Å²) < 4.78 is 15.7. The van der Waals surface area contributed by atoms with E-state index < -0.39 is 5.97 Å². The molecule has 1 rings (SSSR count). The number of aromatic carboxylic acids is 1. The molecule has 21 heavy (non-hydrogen) atoms. The highest BCUT2D eigenvalue weighted by atomic mass is 16.5. The summed E-state index contributed by atoms with van der Waals surface area (Å²) in [6.07, 6.45) is 0.929. The number of hydrogen-bond acceptors (Lipinski definition) is 5. The highest BCUT2D eigenvalue weighted by Crippen LogP contribution is 2.12. The molecule has 118 valence electrons. The lowest BCUT2D eigenvalue weighted by Crippen LogP contribution is -2.23. The maximum absolute atomic E-state index is 10.8. The number of methoxy groups -OCH3 is 1. The predicted octanol–water partition coefficient (Wildman–Crippen LogP) is 1.41. The SMILES string of the molecule is COCCOCCCNCCOc1cccc(C(=O)O)c1. The van der Waals surface area contributed by atoms with Gasteiger partial charge in [-0.1, -0.05) is 6.07 Å². The van der Waals surface area contributed by atoms with E-state index in [0.29, 0.717) is 38.7 Å². The third kappa shape index (κ3) is 8.29. The molecule has 0 aliphatic carbocycles. The van der Waals surface area contributed by atoms with Gasteiger partial charge < -0.3 is 24.6 Å². The minimum absolute atomic E-state index is 0.230. The molecule has 0 fully saturated rings. The minimum atomic E-state index is -0.952. The van der Waals surface area contributed by atoms with Crippen LogP contribution in [0.25, 0.3) is 0 Å². The first-order valence-corrected chi connectivity index (χ1v) is 6.97. The molecule has 0 radical (unpaired) electrons. The van der Waals surface area contributed by atoms with E-state index in [-0.39, 0.29) is 5.56 Å². The van der Waals surface area contributed by atoms with Crippen LogP contribution in [0.4, 0.5) is 0 Å². The van der Waals surface area contributed by atoms with Crippen molar-refractivity contribution < 1.29 is 24.1 Å². The molecule has 6 nitrogen and oxygen atoms in total. The summed E-state index contributed by atoms with van der Waals surface area (Å²) in [5.41, 5.74) is 0.230. The van der Waals surface area contributed by atoms with Gasteiger partial charge in [-0.2, -0.15) is 0 Å². The number of nitrogens with one attached hydrogen (secondary N) is 1. The zero-order valence-corrected chi connectivity index (χ0v) is 12.3. The first-order valence-electron chi connectivity index (χ1n) is 6.97. The Labute approximate surface area is 125 Å². The number of ether oxygens (including phenoxy) is 3. The quantitative estimate of drug-likeness (QED) is 0.568. The van der Waals surface area contributed by atoms with Crippen LogP contribution in [-0.4, -0.2) is 57.7 Å². The van der Waals surface area contributed by atoms with Gasteiger partial charge in [0.15, 0.2) is 0 Å². The molecule has 0 heterocycles. The smallest absolute Gasteiger partial charge is 0.335 e. The second-order valence-corrected chi connectivity index (χ2v) is 4.39. The van der Waals surface area contributed by atoms with Gasteiger partial charge in [0.05, 0.1) is 18.8 Å².